The summed E-state index contributed by atoms with van der Waals surface area (Å²) in [6.45, 7) is 24.1. The van der Waals surface area contributed by atoms with Crippen molar-refractivity contribution in [3.8, 4) is 0 Å². The van der Waals surface area contributed by atoms with Gasteiger partial charge in [0, 0.05) is 12.1 Å². The molecule has 0 radical (unpaired) electrons. The summed E-state index contributed by atoms with van der Waals surface area (Å²) in [6.07, 6.45) is 4.87. The number of amides is 3. The molecule has 0 aromatic heterocycles. The highest BCUT2D eigenvalue weighted by molar-refractivity contribution is 6.03. The van der Waals surface area contributed by atoms with E-state index in [1.165, 1.54) is 4.90 Å². The van der Waals surface area contributed by atoms with Crippen LogP contribution in [-0.2, 0) is 19.2 Å². The van der Waals surface area contributed by atoms with Crippen LogP contribution in [0, 0.1) is 11.3 Å². The first-order chi connectivity index (χ1) is 15.9. The van der Waals surface area contributed by atoms with Crippen LogP contribution in [0.15, 0.2) is 12.2 Å². The largest absolute Gasteiger partial charge is 0.441 e. The van der Waals surface area contributed by atoms with Crippen LogP contribution in [0.3, 0.4) is 0 Å². The fourth-order valence-corrected chi connectivity index (χ4v) is 4.20. The summed E-state index contributed by atoms with van der Waals surface area (Å²) in [5.74, 6) is -0.685. The molecule has 2 atom stereocenters. The lowest BCUT2D eigenvalue weighted by molar-refractivity contribution is -0.128. The van der Waals surface area contributed by atoms with Crippen molar-refractivity contribution in [3.63, 3.8) is 0 Å². The highest BCUT2D eigenvalue weighted by atomic mass is 16.7. The molecule has 1 fully saturated rings. The second-order valence-corrected chi connectivity index (χ2v) is 11.9. The van der Waals surface area contributed by atoms with Crippen LogP contribution in [0.2, 0.25) is 0 Å². The van der Waals surface area contributed by atoms with Crippen LogP contribution in [0.4, 0.5) is 4.79 Å². The Morgan fingerprint density at radius 2 is 1.69 bits per heavy atom. The first kappa shape index (κ1) is 33.1. The lowest BCUT2D eigenvalue weighted by atomic mass is 9.77. The van der Waals surface area contributed by atoms with E-state index in [1.807, 2.05) is 55.4 Å². The van der Waals surface area contributed by atoms with Gasteiger partial charge in [-0.05, 0) is 59.3 Å². The molecule has 204 valence electrons. The molecule has 1 aliphatic rings. The minimum absolute atomic E-state index is 0.132. The molecule has 3 N–H and O–H groups in total. The van der Waals surface area contributed by atoms with Crippen LogP contribution >= 0.6 is 0 Å². The van der Waals surface area contributed by atoms with Crippen molar-refractivity contribution in [2.45, 2.75) is 125 Å². The van der Waals surface area contributed by atoms with E-state index >= 15 is 0 Å². The molecule has 1 saturated heterocycles. The highest BCUT2D eigenvalue weighted by Crippen LogP contribution is 2.41. The third-order valence-corrected chi connectivity index (χ3v) is 5.65. The summed E-state index contributed by atoms with van der Waals surface area (Å²) in [5.41, 5.74) is 7.41. The zero-order valence-electron chi connectivity index (χ0n) is 23.9. The number of ether oxygens (including phenoxy) is 1. The minimum atomic E-state index is -0.684. The number of nitrogens with zero attached hydrogens (tertiary/aromatic N) is 1. The quantitative estimate of drug-likeness (QED) is 0.288. The molecular formula is C27H51N3O5. The van der Waals surface area contributed by atoms with E-state index in [9.17, 15) is 14.4 Å². The van der Waals surface area contributed by atoms with Crippen LogP contribution in [0.5, 0.6) is 0 Å². The molecule has 1 heterocycles. The first-order valence-corrected chi connectivity index (χ1v) is 12.8. The predicted octanol–water partition coefficient (Wildman–Crippen LogP) is 5.50. The minimum Gasteiger partial charge on any atom is -0.441 e. The third kappa shape index (κ3) is 11.6. The van der Waals surface area contributed by atoms with Gasteiger partial charge in [0.2, 0.25) is 5.91 Å². The topological polar surface area (TPSA) is 111 Å². The summed E-state index contributed by atoms with van der Waals surface area (Å²) >= 11 is 0. The molecule has 0 aromatic rings. The van der Waals surface area contributed by atoms with E-state index < -0.39 is 11.7 Å². The maximum atomic E-state index is 12.5. The van der Waals surface area contributed by atoms with Crippen molar-refractivity contribution in [3.05, 3.63) is 12.2 Å². The van der Waals surface area contributed by atoms with Crippen LogP contribution < -0.4 is 11.2 Å². The van der Waals surface area contributed by atoms with Gasteiger partial charge in [0.25, 0.3) is 5.91 Å². The molecular weight excluding hydrogens is 446 g/mol. The fraction of sp³-hybridized carbons (Fsp3) is 0.815. The highest BCUT2D eigenvalue weighted by Gasteiger charge is 2.55. The first-order valence-electron chi connectivity index (χ1n) is 12.8. The Morgan fingerprint density at radius 1 is 1.14 bits per heavy atom. The van der Waals surface area contributed by atoms with Gasteiger partial charge >= 0.3 is 6.09 Å². The van der Waals surface area contributed by atoms with Gasteiger partial charge in [0.15, 0.2) is 0 Å². The van der Waals surface area contributed by atoms with E-state index in [2.05, 4.69) is 25.9 Å². The van der Waals surface area contributed by atoms with E-state index in [0.29, 0.717) is 18.5 Å². The van der Waals surface area contributed by atoms with E-state index in [4.69, 9.17) is 15.3 Å². The molecule has 0 spiro atoms. The summed E-state index contributed by atoms with van der Waals surface area (Å²) in [5, 5.41) is 0. The number of imide groups is 1. The molecule has 0 aromatic carbocycles. The van der Waals surface area contributed by atoms with Gasteiger partial charge in [-0.25, -0.2) is 15.2 Å². The average Bonchev–Trinajstić information content (AvgIpc) is 2.95. The summed E-state index contributed by atoms with van der Waals surface area (Å²) < 4.78 is 5.40. The Morgan fingerprint density at radius 3 is 2.11 bits per heavy atom. The number of hydrogen-bond acceptors (Lipinski definition) is 6. The molecule has 0 aliphatic carbocycles. The second-order valence-electron chi connectivity index (χ2n) is 11.9. The number of hydroxylamine groups is 1. The molecule has 0 bridgehead atoms. The van der Waals surface area contributed by atoms with Crippen molar-refractivity contribution in [2.24, 2.45) is 17.1 Å². The van der Waals surface area contributed by atoms with E-state index in [1.54, 1.807) is 0 Å². The Bertz CT molecular complexity index is 719. The van der Waals surface area contributed by atoms with Crippen LogP contribution in [-0.4, -0.2) is 46.6 Å². The van der Waals surface area contributed by atoms with Gasteiger partial charge in [0.1, 0.15) is 5.60 Å². The zero-order valence-corrected chi connectivity index (χ0v) is 23.9. The second kappa shape index (κ2) is 14.0. The fourth-order valence-electron chi connectivity index (χ4n) is 4.20. The maximum Gasteiger partial charge on any atom is 0.417 e. The Labute approximate surface area is 213 Å². The standard InChI is InChI=1S/C16H27NO3.C11H24N2O2/c1-8-9-10-11(2)12(18)17-13(15(3,4)5)16(6,7)20-14(17)19;1-5-6-7-9(10(12)14)8-13-15-11(2,3)4/h13H,2,8-10H2,1,3-7H3;9,13H,5-8H2,1-4H3,(H2,12,14)/t13-;/m0./s1. The van der Waals surface area contributed by atoms with E-state index in [-0.39, 0.29) is 34.8 Å². The Balaban J connectivity index is 0.000000691. The monoisotopic (exact) mass is 497 g/mol. The third-order valence-electron chi connectivity index (χ3n) is 5.65. The van der Waals surface area contributed by atoms with Crippen molar-refractivity contribution in [1.29, 1.82) is 0 Å². The van der Waals surface area contributed by atoms with Gasteiger partial charge in [-0.3, -0.25) is 14.4 Å². The van der Waals surface area contributed by atoms with Crippen LogP contribution in [0.25, 0.3) is 0 Å². The summed E-state index contributed by atoms with van der Waals surface area (Å²) in [7, 11) is 0. The Hall–Kier alpha value is -1.93. The number of hydrogen-bond donors (Lipinski definition) is 2. The van der Waals surface area contributed by atoms with Crippen molar-refractivity contribution in [2.75, 3.05) is 6.54 Å². The number of cyclic esters (lactones) is 1. The molecule has 3 amide bonds. The number of nitrogens with two attached hydrogens (primary N) is 1. The number of carbonyl (C=O) groups excluding carboxylic acids is 3. The molecule has 8 nitrogen and oxygen atoms in total. The molecule has 1 aliphatic heterocycles. The van der Waals surface area contributed by atoms with Gasteiger partial charge in [-0.2, -0.15) is 0 Å². The molecule has 0 saturated carbocycles. The van der Waals surface area contributed by atoms with Crippen LogP contribution in [0.1, 0.15) is 108 Å². The number of nitrogens with one attached hydrogen (secondary N) is 1. The lowest BCUT2D eigenvalue weighted by Crippen LogP contribution is -2.52. The number of primary amides is 1. The average molecular weight is 498 g/mol. The predicted molar refractivity (Wildman–Crippen MR) is 140 cm³/mol. The molecule has 8 heteroatoms. The SMILES string of the molecule is C=C(CCCC)C(=O)N1C(=O)OC(C)(C)[C@@H]1C(C)(C)C.CCCCC(CNOC(C)(C)C)C(N)=O. The maximum absolute atomic E-state index is 12.5. The molecule has 1 rings (SSSR count). The molecule has 1 unspecified atom stereocenters. The normalized spacial score (nSPS) is 18.4. The van der Waals surface area contributed by atoms with Crippen molar-refractivity contribution in [1.82, 2.24) is 10.4 Å². The number of carbonyl (C=O) groups is 3. The number of unbranched alkanes of at least 4 members (excludes halogenated alkanes) is 2. The number of rotatable bonds is 11. The van der Waals surface area contributed by atoms with Gasteiger partial charge in [-0.15, -0.1) is 0 Å². The molecule has 35 heavy (non-hydrogen) atoms. The van der Waals surface area contributed by atoms with Gasteiger partial charge in [-0.1, -0.05) is 60.5 Å². The lowest BCUT2D eigenvalue weighted by Gasteiger charge is -2.38. The van der Waals surface area contributed by atoms with Crippen molar-refractivity contribution >= 4 is 17.9 Å². The smallest absolute Gasteiger partial charge is 0.417 e. The summed E-state index contributed by atoms with van der Waals surface area (Å²) in [6, 6.07) is -0.298. The zero-order chi connectivity index (χ0) is 27.6. The van der Waals surface area contributed by atoms with Crippen molar-refractivity contribution < 1.29 is 24.0 Å². The van der Waals surface area contributed by atoms with Gasteiger partial charge < -0.3 is 10.5 Å². The Kier molecular flexibility index (Phi) is 13.2. The van der Waals surface area contributed by atoms with E-state index in [0.717, 1.165) is 32.1 Å². The van der Waals surface area contributed by atoms with Gasteiger partial charge in [0.05, 0.1) is 17.6 Å². The summed E-state index contributed by atoms with van der Waals surface area (Å²) in [4.78, 5) is 42.3.